The number of nitrogens with one attached hydrogen (secondary N) is 1. The molecule has 1 heterocycles. The fraction of sp³-hybridized carbons (Fsp3) is 0.500. The van der Waals surface area contributed by atoms with Gasteiger partial charge in [-0.2, -0.15) is 0 Å². The smallest absolute Gasteiger partial charge is 0.253 e. The van der Waals surface area contributed by atoms with E-state index in [1.54, 1.807) is 0 Å². The van der Waals surface area contributed by atoms with Crippen molar-refractivity contribution >= 4 is 11.6 Å². The minimum atomic E-state index is -0.564. The van der Waals surface area contributed by atoms with Gasteiger partial charge in [-0.1, -0.05) is 6.07 Å². The summed E-state index contributed by atoms with van der Waals surface area (Å²) in [7, 11) is 0. The summed E-state index contributed by atoms with van der Waals surface area (Å²) in [6.07, 6.45) is 1.86. The number of nitrogen functional groups attached to an aromatic ring is 1. The maximum absolute atomic E-state index is 13.3. The first-order valence-electron chi connectivity index (χ1n) is 6.52. The van der Waals surface area contributed by atoms with Gasteiger partial charge in [0, 0.05) is 19.3 Å². The predicted octanol–water partition coefficient (Wildman–Crippen LogP) is 1.95. The minimum Gasteiger partial charge on any atom is -0.396 e. The van der Waals surface area contributed by atoms with Crippen molar-refractivity contribution in [2.45, 2.75) is 25.8 Å². The lowest BCUT2D eigenvalue weighted by atomic mass is 9.92. The Hall–Kier alpha value is -1.62. The van der Waals surface area contributed by atoms with E-state index in [-0.39, 0.29) is 23.2 Å². The predicted molar refractivity (Wildman–Crippen MR) is 71.3 cm³/mol. The van der Waals surface area contributed by atoms with Crippen molar-refractivity contribution in [1.82, 2.24) is 5.32 Å². The third kappa shape index (κ3) is 3.23. The minimum absolute atomic E-state index is 0.0269. The monoisotopic (exact) mass is 266 g/mol. The number of benzene rings is 1. The van der Waals surface area contributed by atoms with E-state index in [4.69, 9.17) is 10.5 Å². The zero-order valence-corrected chi connectivity index (χ0v) is 11.0. The van der Waals surface area contributed by atoms with Crippen molar-refractivity contribution in [2.24, 2.45) is 5.92 Å². The molecule has 1 fully saturated rings. The van der Waals surface area contributed by atoms with Gasteiger partial charge in [-0.25, -0.2) is 4.39 Å². The van der Waals surface area contributed by atoms with Crippen molar-refractivity contribution in [1.29, 1.82) is 0 Å². The number of anilines is 1. The Morgan fingerprint density at radius 2 is 2.16 bits per heavy atom. The molecule has 3 N–H and O–H groups in total. The summed E-state index contributed by atoms with van der Waals surface area (Å²) in [5.41, 5.74) is 5.68. The molecule has 1 aromatic rings. The van der Waals surface area contributed by atoms with Gasteiger partial charge in [0.05, 0.1) is 11.3 Å². The van der Waals surface area contributed by atoms with E-state index >= 15 is 0 Å². The second kappa shape index (κ2) is 6.02. The van der Waals surface area contributed by atoms with Gasteiger partial charge in [0.1, 0.15) is 5.82 Å². The van der Waals surface area contributed by atoms with Crippen LogP contribution >= 0.6 is 0 Å². The van der Waals surface area contributed by atoms with E-state index in [9.17, 15) is 9.18 Å². The van der Waals surface area contributed by atoms with Crippen LogP contribution in [-0.2, 0) is 4.74 Å². The first-order valence-corrected chi connectivity index (χ1v) is 6.52. The number of para-hydroxylation sites is 1. The molecule has 104 valence electrons. The fourth-order valence-electron chi connectivity index (χ4n) is 2.35. The Bertz CT molecular complexity index is 459. The number of hydrogen-bond acceptors (Lipinski definition) is 3. The molecule has 0 aromatic heterocycles. The van der Waals surface area contributed by atoms with Crippen LogP contribution in [0, 0.1) is 11.7 Å². The molecule has 0 spiro atoms. The molecule has 1 unspecified atom stereocenters. The van der Waals surface area contributed by atoms with Gasteiger partial charge >= 0.3 is 0 Å². The van der Waals surface area contributed by atoms with Crippen LogP contribution in [0.15, 0.2) is 18.2 Å². The molecule has 0 saturated carbocycles. The molecule has 0 radical (unpaired) electrons. The molecular formula is C14H19FN2O2. The maximum atomic E-state index is 13.3. The van der Waals surface area contributed by atoms with Crippen LogP contribution in [0.2, 0.25) is 0 Å². The number of hydrogen-bond donors (Lipinski definition) is 2. The summed E-state index contributed by atoms with van der Waals surface area (Å²) in [6.45, 7) is 3.42. The highest BCUT2D eigenvalue weighted by Crippen LogP contribution is 2.20. The highest BCUT2D eigenvalue weighted by molar-refractivity contribution is 5.99. The largest absolute Gasteiger partial charge is 0.396 e. The molecule has 1 amide bonds. The van der Waals surface area contributed by atoms with Gasteiger partial charge in [0.15, 0.2) is 0 Å². The van der Waals surface area contributed by atoms with Crippen LogP contribution < -0.4 is 11.1 Å². The fourth-order valence-corrected chi connectivity index (χ4v) is 2.35. The van der Waals surface area contributed by atoms with Gasteiger partial charge < -0.3 is 15.8 Å². The van der Waals surface area contributed by atoms with Crippen molar-refractivity contribution in [2.75, 3.05) is 18.9 Å². The quantitative estimate of drug-likeness (QED) is 0.822. The Kier molecular flexibility index (Phi) is 4.37. The molecule has 0 aliphatic carbocycles. The zero-order valence-electron chi connectivity index (χ0n) is 11.0. The lowest BCUT2D eigenvalue weighted by Crippen LogP contribution is -2.40. The van der Waals surface area contributed by atoms with Gasteiger partial charge in [0.25, 0.3) is 5.91 Å². The maximum Gasteiger partial charge on any atom is 0.253 e. The third-order valence-corrected chi connectivity index (χ3v) is 3.63. The molecule has 5 heteroatoms. The summed E-state index contributed by atoms with van der Waals surface area (Å²) in [5.74, 6) is -0.491. The summed E-state index contributed by atoms with van der Waals surface area (Å²) >= 11 is 0. The van der Waals surface area contributed by atoms with E-state index in [1.165, 1.54) is 18.2 Å². The van der Waals surface area contributed by atoms with E-state index < -0.39 is 5.82 Å². The van der Waals surface area contributed by atoms with Crippen LogP contribution in [-0.4, -0.2) is 25.2 Å². The summed E-state index contributed by atoms with van der Waals surface area (Å²) in [4.78, 5) is 12.1. The normalized spacial score (nSPS) is 18.0. The second-order valence-electron chi connectivity index (χ2n) is 4.91. The van der Waals surface area contributed by atoms with Crippen LogP contribution in [0.25, 0.3) is 0 Å². The molecule has 1 aromatic carbocycles. The van der Waals surface area contributed by atoms with Gasteiger partial charge in [-0.05, 0) is 37.8 Å². The second-order valence-corrected chi connectivity index (χ2v) is 4.91. The first kappa shape index (κ1) is 13.8. The molecule has 1 saturated heterocycles. The zero-order chi connectivity index (χ0) is 13.8. The lowest BCUT2D eigenvalue weighted by Gasteiger charge is -2.28. The van der Waals surface area contributed by atoms with Crippen molar-refractivity contribution in [3.63, 3.8) is 0 Å². The Balaban J connectivity index is 2.02. The Labute approximate surface area is 112 Å². The van der Waals surface area contributed by atoms with E-state index in [2.05, 4.69) is 5.32 Å². The molecule has 1 aliphatic heterocycles. The number of amides is 1. The van der Waals surface area contributed by atoms with E-state index in [0.29, 0.717) is 5.92 Å². The summed E-state index contributed by atoms with van der Waals surface area (Å²) in [6, 6.07) is 4.29. The molecule has 4 nitrogen and oxygen atoms in total. The number of halogens is 1. The summed E-state index contributed by atoms with van der Waals surface area (Å²) < 4.78 is 18.6. The summed E-state index contributed by atoms with van der Waals surface area (Å²) in [5, 5.41) is 2.89. The van der Waals surface area contributed by atoms with Crippen molar-refractivity contribution in [3.05, 3.63) is 29.6 Å². The average Bonchev–Trinajstić information content (AvgIpc) is 2.42. The highest BCUT2D eigenvalue weighted by Gasteiger charge is 2.23. The number of ether oxygens (including phenoxy) is 1. The molecule has 1 aliphatic rings. The van der Waals surface area contributed by atoms with Crippen LogP contribution in [0.3, 0.4) is 0 Å². The van der Waals surface area contributed by atoms with Crippen molar-refractivity contribution in [3.8, 4) is 0 Å². The van der Waals surface area contributed by atoms with Crippen LogP contribution in [0.1, 0.15) is 30.1 Å². The van der Waals surface area contributed by atoms with E-state index in [0.717, 1.165) is 26.1 Å². The van der Waals surface area contributed by atoms with Crippen LogP contribution in [0.5, 0.6) is 0 Å². The van der Waals surface area contributed by atoms with Gasteiger partial charge in [0.2, 0.25) is 0 Å². The molecule has 19 heavy (non-hydrogen) atoms. The molecule has 0 bridgehead atoms. The molecular weight excluding hydrogens is 247 g/mol. The topological polar surface area (TPSA) is 64.4 Å². The number of carbonyl (C=O) groups is 1. The number of rotatable bonds is 3. The molecule has 1 atom stereocenters. The van der Waals surface area contributed by atoms with Crippen molar-refractivity contribution < 1.29 is 13.9 Å². The van der Waals surface area contributed by atoms with Gasteiger partial charge in [-0.15, -0.1) is 0 Å². The Morgan fingerprint density at radius 1 is 1.47 bits per heavy atom. The number of nitrogens with two attached hydrogens (primary N) is 1. The average molecular weight is 266 g/mol. The first-order chi connectivity index (χ1) is 9.09. The van der Waals surface area contributed by atoms with Crippen LogP contribution in [0.4, 0.5) is 10.1 Å². The standard InChI is InChI=1S/C14H19FN2O2/c1-9(10-5-7-19-8-6-10)17-14(18)11-3-2-4-12(15)13(11)16/h2-4,9-10H,5-8,16H2,1H3,(H,17,18). The van der Waals surface area contributed by atoms with E-state index in [1.807, 2.05) is 6.92 Å². The number of carbonyl (C=O) groups excluding carboxylic acids is 1. The van der Waals surface area contributed by atoms with Gasteiger partial charge in [-0.3, -0.25) is 4.79 Å². The Morgan fingerprint density at radius 3 is 2.84 bits per heavy atom. The lowest BCUT2D eigenvalue weighted by molar-refractivity contribution is 0.0538. The molecule has 2 rings (SSSR count). The third-order valence-electron chi connectivity index (χ3n) is 3.63. The highest BCUT2D eigenvalue weighted by atomic mass is 19.1. The SMILES string of the molecule is CC(NC(=O)c1cccc(F)c1N)C1CCOCC1.